The number of pyridine rings is 1. The third kappa shape index (κ3) is 3.01. The third-order valence-corrected chi connectivity index (χ3v) is 5.66. The van der Waals surface area contributed by atoms with Gasteiger partial charge in [-0.05, 0) is 47.7 Å². The summed E-state index contributed by atoms with van der Waals surface area (Å²) in [5, 5.41) is 12.4. The summed E-state index contributed by atoms with van der Waals surface area (Å²) in [6, 6.07) is 15.5. The SMILES string of the molecule is CCc1ccc(N2C(=O)C(O)=C(C(=O)c3cccs3)C2c2ccccn2)cc1. The number of Topliss-reactive ketones (excluding diaryl/α,β-unsaturated/α-hetero) is 1. The van der Waals surface area contributed by atoms with Gasteiger partial charge in [-0.1, -0.05) is 31.2 Å². The van der Waals surface area contributed by atoms with Crippen molar-refractivity contribution in [3.8, 4) is 0 Å². The zero-order valence-corrected chi connectivity index (χ0v) is 16.0. The van der Waals surface area contributed by atoms with Gasteiger partial charge in [0.1, 0.15) is 6.04 Å². The highest BCUT2D eigenvalue weighted by Crippen LogP contribution is 2.41. The van der Waals surface area contributed by atoms with E-state index in [1.54, 1.807) is 41.9 Å². The van der Waals surface area contributed by atoms with Crippen molar-refractivity contribution in [3.05, 3.63) is 93.6 Å². The van der Waals surface area contributed by atoms with Crippen LogP contribution in [0.5, 0.6) is 0 Å². The first-order chi connectivity index (χ1) is 13.6. The van der Waals surface area contributed by atoms with Gasteiger partial charge in [0.15, 0.2) is 5.76 Å². The van der Waals surface area contributed by atoms with Crippen LogP contribution in [0.25, 0.3) is 0 Å². The fourth-order valence-electron chi connectivity index (χ4n) is 3.35. The minimum atomic E-state index is -0.782. The maximum Gasteiger partial charge on any atom is 0.294 e. The van der Waals surface area contributed by atoms with E-state index in [4.69, 9.17) is 0 Å². The molecular formula is C22H18N2O3S. The van der Waals surface area contributed by atoms with Crippen molar-refractivity contribution in [2.45, 2.75) is 19.4 Å². The van der Waals surface area contributed by atoms with Gasteiger partial charge in [0.25, 0.3) is 5.91 Å². The summed E-state index contributed by atoms with van der Waals surface area (Å²) < 4.78 is 0. The molecule has 2 aromatic heterocycles. The first-order valence-electron chi connectivity index (χ1n) is 8.96. The van der Waals surface area contributed by atoms with Gasteiger partial charge in [-0.3, -0.25) is 19.5 Å². The second kappa shape index (κ2) is 7.40. The standard InChI is InChI=1S/C22H18N2O3S/c1-2-14-8-10-15(11-9-14)24-19(16-6-3-4-12-23-16)18(21(26)22(24)27)20(25)17-7-5-13-28-17/h3-13,19,26H,2H2,1H3. The molecule has 4 rings (SSSR count). The molecule has 0 saturated heterocycles. The first-order valence-corrected chi connectivity index (χ1v) is 9.84. The fraction of sp³-hybridized carbons (Fsp3) is 0.136. The van der Waals surface area contributed by atoms with E-state index >= 15 is 0 Å². The molecule has 140 valence electrons. The monoisotopic (exact) mass is 390 g/mol. The van der Waals surface area contributed by atoms with Crippen LogP contribution < -0.4 is 4.90 Å². The molecule has 1 unspecified atom stereocenters. The molecule has 0 bridgehead atoms. The number of rotatable bonds is 5. The maximum absolute atomic E-state index is 13.1. The molecule has 1 N–H and O–H groups in total. The Kier molecular flexibility index (Phi) is 4.79. The summed E-state index contributed by atoms with van der Waals surface area (Å²) in [7, 11) is 0. The van der Waals surface area contributed by atoms with E-state index in [-0.39, 0.29) is 11.4 Å². The zero-order valence-electron chi connectivity index (χ0n) is 15.2. The molecule has 28 heavy (non-hydrogen) atoms. The number of hydrogen-bond donors (Lipinski definition) is 1. The van der Waals surface area contributed by atoms with E-state index in [9.17, 15) is 14.7 Å². The Bertz CT molecular complexity index is 1040. The van der Waals surface area contributed by atoms with Gasteiger partial charge in [0.2, 0.25) is 5.78 Å². The van der Waals surface area contributed by atoms with E-state index in [0.29, 0.717) is 16.3 Å². The number of aliphatic hydroxyl groups is 1. The van der Waals surface area contributed by atoms with E-state index < -0.39 is 17.7 Å². The van der Waals surface area contributed by atoms with Crippen LogP contribution in [0.4, 0.5) is 5.69 Å². The molecule has 1 amide bonds. The van der Waals surface area contributed by atoms with Gasteiger partial charge in [0.05, 0.1) is 16.1 Å². The van der Waals surface area contributed by atoms with E-state index in [2.05, 4.69) is 11.9 Å². The first kappa shape index (κ1) is 18.1. The average Bonchev–Trinajstić information content (AvgIpc) is 3.36. The molecule has 1 atom stereocenters. The lowest BCUT2D eigenvalue weighted by Crippen LogP contribution is -2.31. The predicted octanol–water partition coefficient (Wildman–Crippen LogP) is 4.49. The number of thiophene rings is 1. The van der Waals surface area contributed by atoms with Gasteiger partial charge in [-0.2, -0.15) is 0 Å². The van der Waals surface area contributed by atoms with Crippen molar-refractivity contribution in [3.63, 3.8) is 0 Å². The Morgan fingerprint density at radius 3 is 2.54 bits per heavy atom. The lowest BCUT2D eigenvalue weighted by atomic mass is 9.98. The molecular weight excluding hydrogens is 372 g/mol. The number of anilines is 1. The van der Waals surface area contributed by atoms with Crippen LogP contribution in [0.3, 0.4) is 0 Å². The molecule has 0 fully saturated rings. The van der Waals surface area contributed by atoms with Crippen LogP contribution in [0, 0.1) is 0 Å². The predicted molar refractivity (Wildman–Crippen MR) is 109 cm³/mol. The number of benzene rings is 1. The van der Waals surface area contributed by atoms with Crippen molar-refractivity contribution in [1.29, 1.82) is 0 Å². The molecule has 5 nitrogen and oxygen atoms in total. The van der Waals surface area contributed by atoms with Crippen molar-refractivity contribution in [2.75, 3.05) is 4.90 Å². The number of aryl methyl sites for hydroxylation is 1. The highest BCUT2D eigenvalue weighted by molar-refractivity contribution is 7.12. The summed E-state index contributed by atoms with van der Waals surface area (Å²) in [4.78, 5) is 32.4. The molecule has 0 spiro atoms. The van der Waals surface area contributed by atoms with Crippen molar-refractivity contribution < 1.29 is 14.7 Å². The van der Waals surface area contributed by atoms with Crippen LogP contribution in [-0.4, -0.2) is 21.8 Å². The normalized spacial score (nSPS) is 16.7. The zero-order chi connectivity index (χ0) is 19.7. The molecule has 3 heterocycles. The summed E-state index contributed by atoms with van der Waals surface area (Å²) >= 11 is 1.28. The number of hydrogen-bond acceptors (Lipinski definition) is 5. The van der Waals surface area contributed by atoms with Crippen LogP contribution in [0.15, 0.2) is 77.5 Å². The van der Waals surface area contributed by atoms with E-state index in [1.165, 1.54) is 16.2 Å². The molecule has 0 aliphatic carbocycles. The summed E-state index contributed by atoms with van der Waals surface area (Å²) in [5.41, 5.74) is 2.33. The molecule has 1 aliphatic rings. The highest BCUT2D eigenvalue weighted by Gasteiger charge is 2.45. The highest BCUT2D eigenvalue weighted by atomic mass is 32.1. The summed E-state index contributed by atoms with van der Waals surface area (Å²) in [5.74, 6) is -1.47. The largest absolute Gasteiger partial charge is 0.503 e. The molecule has 1 aliphatic heterocycles. The molecule has 1 aromatic carbocycles. The number of aromatic nitrogens is 1. The topological polar surface area (TPSA) is 70.5 Å². The number of amides is 1. The number of carbonyl (C=O) groups is 2. The molecule has 6 heteroatoms. The van der Waals surface area contributed by atoms with Gasteiger partial charge in [0, 0.05) is 11.9 Å². The number of ketones is 1. The average molecular weight is 390 g/mol. The van der Waals surface area contributed by atoms with Crippen LogP contribution in [0.2, 0.25) is 0 Å². The third-order valence-electron chi connectivity index (χ3n) is 4.79. The molecule has 0 radical (unpaired) electrons. The van der Waals surface area contributed by atoms with Gasteiger partial charge >= 0.3 is 0 Å². The molecule has 3 aromatic rings. The number of carbonyl (C=O) groups excluding carboxylic acids is 2. The van der Waals surface area contributed by atoms with Crippen LogP contribution in [0.1, 0.15) is 33.9 Å². The smallest absolute Gasteiger partial charge is 0.294 e. The van der Waals surface area contributed by atoms with Crippen LogP contribution >= 0.6 is 11.3 Å². The minimum Gasteiger partial charge on any atom is -0.503 e. The minimum absolute atomic E-state index is 0.0609. The summed E-state index contributed by atoms with van der Waals surface area (Å²) in [6.45, 7) is 2.05. The van der Waals surface area contributed by atoms with Gasteiger partial charge in [-0.15, -0.1) is 11.3 Å². The van der Waals surface area contributed by atoms with Crippen LogP contribution in [-0.2, 0) is 11.2 Å². The van der Waals surface area contributed by atoms with Gasteiger partial charge < -0.3 is 5.11 Å². The van der Waals surface area contributed by atoms with Crippen molar-refractivity contribution in [1.82, 2.24) is 4.98 Å². The summed E-state index contributed by atoms with van der Waals surface area (Å²) in [6.07, 6.45) is 2.49. The number of nitrogens with zero attached hydrogens (tertiary/aromatic N) is 2. The Labute approximate surface area is 166 Å². The second-order valence-corrected chi connectivity index (χ2v) is 7.37. The van der Waals surface area contributed by atoms with E-state index in [1.807, 2.05) is 24.3 Å². The van der Waals surface area contributed by atoms with E-state index in [0.717, 1.165) is 12.0 Å². The fourth-order valence-corrected chi connectivity index (χ4v) is 4.03. The Morgan fingerprint density at radius 2 is 1.93 bits per heavy atom. The van der Waals surface area contributed by atoms with Gasteiger partial charge in [-0.25, -0.2) is 0 Å². The Hall–Kier alpha value is -3.25. The Morgan fingerprint density at radius 1 is 1.14 bits per heavy atom. The second-order valence-electron chi connectivity index (χ2n) is 6.42. The lowest BCUT2D eigenvalue weighted by Gasteiger charge is -2.26. The molecule has 0 saturated carbocycles. The van der Waals surface area contributed by atoms with Crippen molar-refractivity contribution in [2.24, 2.45) is 0 Å². The van der Waals surface area contributed by atoms with Crippen molar-refractivity contribution >= 4 is 28.7 Å². The number of aliphatic hydroxyl groups excluding tert-OH is 1. The quantitative estimate of drug-likeness (QED) is 0.652. The lowest BCUT2D eigenvalue weighted by molar-refractivity contribution is -0.117. The Balaban J connectivity index is 1.85. The maximum atomic E-state index is 13.1.